The number of nitrogens with zero attached hydrogens (tertiary/aromatic N) is 2. The number of amides is 1. The van der Waals surface area contributed by atoms with Crippen LogP contribution in [0.2, 0.25) is 0 Å². The molecule has 2 aliphatic rings. The average molecular weight is 369 g/mol. The van der Waals surface area contributed by atoms with Gasteiger partial charge in [0.2, 0.25) is 5.91 Å². The van der Waals surface area contributed by atoms with Crippen LogP contribution in [0.5, 0.6) is 0 Å². The number of alkyl halides is 3. The van der Waals surface area contributed by atoms with E-state index < -0.39 is 17.2 Å². The monoisotopic (exact) mass is 369 g/mol. The van der Waals surface area contributed by atoms with Crippen molar-refractivity contribution in [3.8, 4) is 0 Å². The lowest BCUT2D eigenvalue weighted by molar-refractivity contribution is -0.139. The number of pyridine rings is 1. The van der Waals surface area contributed by atoms with Gasteiger partial charge in [0.1, 0.15) is 0 Å². The lowest BCUT2D eigenvalue weighted by Crippen LogP contribution is -2.44. The van der Waals surface area contributed by atoms with Crippen LogP contribution in [0.3, 0.4) is 0 Å². The van der Waals surface area contributed by atoms with Gasteiger partial charge in [-0.1, -0.05) is 32.4 Å². The maximum Gasteiger partial charge on any atom is 0.417 e. The van der Waals surface area contributed by atoms with Crippen LogP contribution in [-0.2, 0) is 23.9 Å². The number of hydrogen-bond donors (Lipinski definition) is 1. The summed E-state index contributed by atoms with van der Waals surface area (Å²) in [6.07, 6.45) is 2.28. The molecule has 1 aromatic heterocycles. The van der Waals surface area contributed by atoms with Crippen molar-refractivity contribution in [3.63, 3.8) is 0 Å². The molecule has 0 saturated carbocycles. The molecule has 0 radical (unpaired) electrons. The molecule has 0 aromatic carbocycles. The Morgan fingerprint density at radius 1 is 1.42 bits per heavy atom. The van der Waals surface area contributed by atoms with E-state index >= 15 is 0 Å². The fraction of sp³-hybridized carbons (Fsp3) is 0.579. The molecule has 2 atom stereocenters. The Labute approximate surface area is 152 Å². The first kappa shape index (κ1) is 20.4. The van der Waals surface area contributed by atoms with Crippen LogP contribution in [0.1, 0.15) is 50.4 Å². The molecule has 26 heavy (non-hydrogen) atoms. The third-order valence-electron chi connectivity index (χ3n) is 4.51. The van der Waals surface area contributed by atoms with Crippen molar-refractivity contribution >= 4 is 5.91 Å². The van der Waals surface area contributed by atoms with Crippen LogP contribution in [-0.4, -0.2) is 28.4 Å². The highest BCUT2D eigenvalue weighted by molar-refractivity contribution is 5.85. The summed E-state index contributed by atoms with van der Waals surface area (Å²) < 4.78 is 38.5. The first-order chi connectivity index (χ1) is 12.1. The second-order valence-corrected chi connectivity index (χ2v) is 7.16. The molecule has 3 rings (SSSR count). The van der Waals surface area contributed by atoms with Gasteiger partial charge in [0.25, 0.3) is 0 Å². The van der Waals surface area contributed by atoms with Gasteiger partial charge in [-0.25, -0.2) is 0 Å². The number of nitrogens with two attached hydrogens (primary N) is 1. The third kappa shape index (κ3) is 4.44. The van der Waals surface area contributed by atoms with E-state index in [-0.39, 0.29) is 18.5 Å². The zero-order valence-electron chi connectivity index (χ0n) is 15.4. The third-order valence-corrected chi connectivity index (χ3v) is 4.51. The lowest BCUT2D eigenvalue weighted by atomic mass is 9.86. The molecule has 0 fully saturated rings. The normalized spacial score (nSPS) is 24.7. The molecule has 1 aliphatic carbocycles. The first-order valence-corrected chi connectivity index (χ1v) is 8.90. The number of hydrogen-bond acceptors (Lipinski definition) is 3. The van der Waals surface area contributed by atoms with Crippen molar-refractivity contribution in [2.24, 2.45) is 11.1 Å². The molecule has 2 N–H and O–H groups in total. The zero-order valence-corrected chi connectivity index (χ0v) is 15.4. The summed E-state index contributed by atoms with van der Waals surface area (Å²) in [5, 5.41) is 0. The standard InChI is InChI=1S/C16H18F3N3O.C3H8/c1-15(4-2-12(20)7-15)14(23)22-5-3-13-10(9-22)6-11(8-21-13)16(17,18)19;1-3-2/h2,4,6,8,12H,3,5,7,9,20H2,1H3;3H2,1-2H3. The largest absolute Gasteiger partial charge is 0.417 e. The molecule has 1 aliphatic heterocycles. The SMILES string of the molecule is CC1(C(=O)N2CCc3ncc(C(F)(F)F)cc3C2)C=CC(N)C1.CCC. The van der Waals surface area contributed by atoms with Gasteiger partial charge in [-0.2, -0.15) is 13.2 Å². The maximum absolute atomic E-state index is 12.8. The van der Waals surface area contributed by atoms with Gasteiger partial charge >= 0.3 is 6.18 Å². The Bertz CT molecular complexity index is 687. The van der Waals surface area contributed by atoms with E-state index in [0.717, 1.165) is 12.3 Å². The van der Waals surface area contributed by atoms with E-state index in [9.17, 15) is 18.0 Å². The van der Waals surface area contributed by atoms with Crippen molar-refractivity contribution in [3.05, 3.63) is 41.2 Å². The molecule has 0 spiro atoms. The topological polar surface area (TPSA) is 59.2 Å². The fourth-order valence-electron chi connectivity index (χ4n) is 3.24. The predicted molar refractivity (Wildman–Crippen MR) is 94.2 cm³/mol. The molecule has 1 amide bonds. The molecule has 144 valence electrons. The van der Waals surface area contributed by atoms with E-state index in [2.05, 4.69) is 18.8 Å². The van der Waals surface area contributed by atoms with Gasteiger partial charge < -0.3 is 10.6 Å². The number of aromatic nitrogens is 1. The van der Waals surface area contributed by atoms with Gasteiger partial charge in [-0.05, 0) is 25.0 Å². The number of rotatable bonds is 1. The molecular weight excluding hydrogens is 343 g/mol. The lowest BCUT2D eigenvalue weighted by Gasteiger charge is -2.34. The predicted octanol–water partition coefficient (Wildman–Crippen LogP) is 3.69. The molecule has 2 unspecified atom stereocenters. The van der Waals surface area contributed by atoms with Crippen molar-refractivity contribution in [2.75, 3.05) is 6.54 Å². The van der Waals surface area contributed by atoms with Crippen LogP contribution >= 0.6 is 0 Å². The summed E-state index contributed by atoms with van der Waals surface area (Å²) in [6, 6.07) is 0.944. The molecular formula is C19H26F3N3O. The maximum atomic E-state index is 12.8. The first-order valence-electron chi connectivity index (χ1n) is 8.90. The molecule has 2 heterocycles. The Morgan fingerprint density at radius 3 is 2.62 bits per heavy atom. The summed E-state index contributed by atoms with van der Waals surface area (Å²) >= 11 is 0. The second-order valence-electron chi connectivity index (χ2n) is 7.16. The minimum Gasteiger partial charge on any atom is -0.337 e. The van der Waals surface area contributed by atoms with Crippen LogP contribution < -0.4 is 5.73 Å². The van der Waals surface area contributed by atoms with Gasteiger partial charge in [0.05, 0.1) is 11.0 Å². The van der Waals surface area contributed by atoms with Gasteiger partial charge in [-0.3, -0.25) is 9.78 Å². The van der Waals surface area contributed by atoms with E-state index in [1.54, 1.807) is 17.1 Å². The number of halogens is 3. The quantitative estimate of drug-likeness (QED) is 0.768. The summed E-state index contributed by atoms with van der Waals surface area (Å²) in [5.74, 6) is -0.0928. The highest BCUT2D eigenvalue weighted by Crippen LogP contribution is 2.35. The van der Waals surface area contributed by atoms with Crippen molar-refractivity contribution < 1.29 is 18.0 Å². The van der Waals surface area contributed by atoms with E-state index in [1.807, 2.05) is 6.92 Å². The molecule has 4 nitrogen and oxygen atoms in total. The molecule has 0 bridgehead atoms. The zero-order chi connectivity index (χ0) is 19.5. The van der Waals surface area contributed by atoms with Crippen LogP contribution in [0.15, 0.2) is 24.4 Å². The summed E-state index contributed by atoms with van der Waals surface area (Å²) in [5.41, 5.74) is 5.47. The second kappa shape index (κ2) is 7.78. The summed E-state index contributed by atoms with van der Waals surface area (Å²) in [4.78, 5) is 18.3. The average Bonchev–Trinajstić information content (AvgIpc) is 2.93. The van der Waals surface area contributed by atoms with Crippen molar-refractivity contribution in [1.29, 1.82) is 0 Å². The minimum atomic E-state index is -4.43. The fourth-order valence-corrected chi connectivity index (χ4v) is 3.24. The van der Waals surface area contributed by atoms with E-state index in [1.165, 1.54) is 6.42 Å². The highest BCUT2D eigenvalue weighted by Gasteiger charge is 2.40. The highest BCUT2D eigenvalue weighted by atomic mass is 19.4. The van der Waals surface area contributed by atoms with Crippen LogP contribution in [0.25, 0.3) is 0 Å². The van der Waals surface area contributed by atoms with Crippen molar-refractivity contribution in [1.82, 2.24) is 9.88 Å². The number of carbonyl (C=O) groups excluding carboxylic acids is 1. The molecule has 0 saturated heterocycles. The van der Waals surface area contributed by atoms with Crippen molar-refractivity contribution in [2.45, 2.75) is 58.8 Å². The van der Waals surface area contributed by atoms with Gasteiger partial charge in [0, 0.05) is 37.4 Å². The Hall–Kier alpha value is -1.89. The Kier molecular flexibility index (Phi) is 6.11. The summed E-state index contributed by atoms with van der Waals surface area (Å²) in [7, 11) is 0. The minimum absolute atomic E-state index is 0.0928. The van der Waals surface area contributed by atoms with Crippen LogP contribution in [0, 0.1) is 5.41 Å². The molecule has 7 heteroatoms. The molecule has 1 aromatic rings. The Morgan fingerprint density at radius 2 is 2.08 bits per heavy atom. The van der Waals surface area contributed by atoms with E-state index in [0.29, 0.717) is 30.6 Å². The van der Waals surface area contributed by atoms with E-state index in [4.69, 9.17) is 5.73 Å². The smallest absolute Gasteiger partial charge is 0.337 e. The Balaban J connectivity index is 0.000000758. The van der Waals surface area contributed by atoms with Crippen LogP contribution in [0.4, 0.5) is 13.2 Å². The number of fused-ring (bicyclic) bond motifs is 1. The summed E-state index contributed by atoms with van der Waals surface area (Å²) in [6.45, 7) is 6.69. The van der Waals surface area contributed by atoms with Gasteiger partial charge in [-0.15, -0.1) is 0 Å². The number of carbonyl (C=O) groups is 1. The van der Waals surface area contributed by atoms with Gasteiger partial charge in [0.15, 0.2) is 0 Å².